The number of hydrogen-bond acceptors (Lipinski definition) is 5. The van der Waals surface area contributed by atoms with Crippen LogP contribution in [0.15, 0.2) is 54.7 Å². The quantitative estimate of drug-likeness (QED) is 0.679. The minimum absolute atomic E-state index is 0.129. The molecule has 25 heavy (non-hydrogen) atoms. The van der Waals surface area contributed by atoms with Gasteiger partial charge in [0.25, 0.3) is 11.8 Å². The fraction of sp³-hybridized carbons (Fsp3) is 0.0556. The molecule has 2 heterocycles. The third-order valence-electron chi connectivity index (χ3n) is 3.51. The first-order chi connectivity index (χ1) is 12.0. The van der Waals surface area contributed by atoms with Crippen molar-refractivity contribution in [2.45, 2.75) is 6.54 Å². The molecule has 3 aromatic rings. The molecule has 3 rings (SSSR count). The van der Waals surface area contributed by atoms with E-state index in [0.29, 0.717) is 11.3 Å². The zero-order chi connectivity index (χ0) is 17.8. The maximum atomic E-state index is 12.9. The van der Waals surface area contributed by atoms with Crippen molar-refractivity contribution >= 4 is 5.91 Å². The van der Waals surface area contributed by atoms with Crippen LogP contribution in [0.25, 0.3) is 11.4 Å². The van der Waals surface area contributed by atoms with Crippen LogP contribution in [-0.2, 0) is 6.54 Å². The van der Waals surface area contributed by atoms with Gasteiger partial charge in [-0.1, -0.05) is 18.2 Å². The molecule has 2 aromatic heterocycles. The van der Waals surface area contributed by atoms with Crippen molar-refractivity contribution in [1.29, 1.82) is 0 Å². The SMILES string of the molecule is O=C(NCc1ccc(F)cc1)c1cc(-c2ccccn2)nc(O)c1O. The van der Waals surface area contributed by atoms with Gasteiger partial charge in [-0.05, 0) is 35.9 Å². The monoisotopic (exact) mass is 339 g/mol. The van der Waals surface area contributed by atoms with Crippen molar-refractivity contribution in [3.63, 3.8) is 0 Å². The summed E-state index contributed by atoms with van der Waals surface area (Å²) in [5, 5.41) is 22.3. The molecule has 0 aliphatic rings. The third-order valence-corrected chi connectivity index (χ3v) is 3.51. The number of nitrogens with one attached hydrogen (secondary N) is 1. The highest BCUT2D eigenvalue weighted by molar-refractivity contribution is 5.98. The highest BCUT2D eigenvalue weighted by Crippen LogP contribution is 2.30. The van der Waals surface area contributed by atoms with Gasteiger partial charge in [-0.2, -0.15) is 0 Å². The summed E-state index contributed by atoms with van der Waals surface area (Å²) in [6.45, 7) is 0.139. The Bertz CT molecular complexity index is 899. The Morgan fingerprint density at radius 2 is 1.84 bits per heavy atom. The van der Waals surface area contributed by atoms with Gasteiger partial charge in [0.05, 0.1) is 17.0 Å². The predicted octanol–water partition coefficient (Wildman–Crippen LogP) is 2.62. The van der Waals surface area contributed by atoms with E-state index >= 15 is 0 Å². The van der Waals surface area contributed by atoms with Crippen LogP contribution in [0.3, 0.4) is 0 Å². The average molecular weight is 339 g/mol. The summed E-state index contributed by atoms with van der Waals surface area (Å²) in [5.41, 5.74) is 1.26. The van der Waals surface area contributed by atoms with Crippen LogP contribution in [0.4, 0.5) is 4.39 Å². The van der Waals surface area contributed by atoms with Gasteiger partial charge in [-0.25, -0.2) is 9.37 Å². The third kappa shape index (κ3) is 3.72. The molecular formula is C18H14FN3O3. The van der Waals surface area contributed by atoms with Gasteiger partial charge in [0.15, 0.2) is 5.75 Å². The van der Waals surface area contributed by atoms with Gasteiger partial charge in [-0.15, -0.1) is 0 Å². The van der Waals surface area contributed by atoms with Crippen LogP contribution in [-0.4, -0.2) is 26.1 Å². The molecule has 0 radical (unpaired) electrons. The molecule has 0 atom stereocenters. The number of carbonyl (C=O) groups is 1. The molecule has 0 saturated carbocycles. The summed E-state index contributed by atoms with van der Waals surface area (Å²) in [6, 6.07) is 12.1. The van der Waals surface area contributed by atoms with E-state index in [2.05, 4.69) is 15.3 Å². The summed E-state index contributed by atoms with van der Waals surface area (Å²) >= 11 is 0. The zero-order valence-corrected chi connectivity index (χ0v) is 13.0. The first kappa shape index (κ1) is 16.4. The second-order valence-electron chi connectivity index (χ2n) is 5.25. The van der Waals surface area contributed by atoms with Gasteiger partial charge in [0, 0.05) is 12.7 Å². The summed E-state index contributed by atoms with van der Waals surface area (Å²) in [7, 11) is 0. The Kier molecular flexibility index (Phi) is 4.56. The fourth-order valence-electron chi connectivity index (χ4n) is 2.22. The van der Waals surface area contributed by atoms with E-state index in [9.17, 15) is 19.4 Å². The summed E-state index contributed by atoms with van der Waals surface area (Å²) < 4.78 is 12.9. The lowest BCUT2D eigenvalue weighted by atomic mass is 10.1. The molecule has 6 nitrogen and oxygen atoms in total. The van der Waals surface area contributed by atoms with E-state index in [-0.39, 0.29) is 23.6 Å². The lowest BCUT2D eigenvalue weighted by Crippen LogP contribution is -2.23. The Labute approximate surface area is 142 Å². The molecule has 7 heteroatoms. The van der Waals surface area contributed by atoms with Crippen molar-refractivity contribution in [2.24, 2.45) is 0 Å². The average Bonchev–Trinajstić information content (AvgIpc) is 2.64. The van der Waals surface area contributed by atoms with Crippen LogP contribution < -0.4 is 5.32 Å². The topological polar surface area (TPSA) is 95.3 Å². The van der Waals surface area contributed by atoms with E-state index in [0.717, 1.165) is 0 Å². The molecule has 0 spiro atoms. The molecule has 3 N–H and O–H groups in total. The van der Waals surface area contributed by atoms with Crippen molar-refractivity contribution < 1.29 is 19.4 Å². The number of pyridine rings is 2. The highest BCUT2D eigenvalue weighted by Gasteiger charge is 2.18. The second-order valence-corrected chi connectivity index (χ2v) is 5.25. The first-order valence-electron chi connectivity index (χ1n) is 7.41. The number of aromatic nitrogens is 2. The maximum absolute atomic E-state index is 12.9. The van der Waals surface area contributed by atoms with Gasteiger partial charge < -0.3 is 15.5 Å². The minimum Gasteiger partial charge on any atom is -0.503 e. The first-order valence-corrected chi connectivity index (χ1v) is 7.41. The van der Waals surface area contributed by atoms with Crippen LogP contribution in [0, 0.1) is 5.82 Å². The molecule has 126 valence electrons. The smallest absolute Gasteiger partial charge is 0.255 e. The zero-order valence-electron chi connectivity index (χ0n) is 13.0. The molecule has 1 aromatic carbocycles. The summed E-state index contributed by atoms with van der Waals surface area (Å²) in [5.74, 6) is -2.24. The molecule has 0 bridgehead atoms. The fourth-order valence-corrected chi connectivity index (χ4v) is 2.22. The number of carbonyl (C=O) groups excluding carboxylic acids is 1. The lowest BCUT2D eigenvalue weighted by Gasteiger charge is -2.10. The Balaban J connectivity index is 1.84. The summed E-state index contributed by atoms with van der Waals surface area (Å²) in [6.07, 6.45) is 1.55. The standard InChI is InChI=1S/C18H14FN3O3/c19-12-6-4-11(5-7-12)10-21-17(24)13-9-15(22-18(25)16(13)23)14-3-1-2-8-20-14/h1-9,23H,10H2,(H,21,24)(H,22,25). The number of benzene rings is 1. The van der Waals surface area contributed by atoms with Crippen LogP contribution in [0.5, 0.6) is 11.6 Å². The maximum Gasteiger partial charge on any atom is 0.255 e. The van der Waals surface area contributed by atoms with E-state index in [1.807, 2.05) is 0 Å². The molecule has 0 saturated heterocycles. The normalized spacial score (nSPS) is 10.4. The lowest BCUT2D eigenvalue weighted by molar-refractivity contribution is 0.0947. The minimum atomic E-state index is -0.657. The number of nitrogens with zero attached hydrogens (tertiary/aromatic N) is 2. The number of rotatable bonds is 4. The molecule has 0 aliphatic heterocycles. The molecule has 1 amide bonds. The van der Waals surface area contributed by atoms with Crippen molar-refractivity contribution in [2.75, 3.05) is 0 Å². The van der Waals surface area contributed by atoms with Crippen molar-refractivity contribution in [1.82, 2.24) is 15.3 Å². The highest BCUT2D eigenvalue weighted by atomic mass is 19.1. The van der Waals surface area contributed by atoms with Crippen LogP contribution in [0.1, 0.15) is 15.9 Å². The van der Waals surface area contributed by atoms with Crippen LogP contribution in [0.2, 0.25) is 0 Å². The molecule has 0 unspecified atom stereocenters. The van der Waals surface area contributed by atoms with E-state index in [1.54, 1.807) is 36.5 Å². The Morgan fingerprint density at radius 3 is 2.52 bits per heavy atom. The van der Waals surface area contributed by atoms with Gasteiger partial charge in [0.1, 0.15) is 5.82 Å². The number of aromatic hydroxyl groups is 2. The van der Waals surface area contributed by atoms with E-state index in [1.165, 1.54) is 18.2 Å². The predicted molar refractivity (Wildman–Crippen MR) is 88.4 cm³/mol. The molecular weight excluding hydrogens is 325 g/mol. The number of amides is 1. The number of hydrogen-bond donors (Lipinski definition) is 3. The van der Waals surface area contributed by atoms with Crippen molar-refractivity contribution in [3.05, 3.63) is 71.7 Å². The van der Waals surface area contributed by atoms with E-state index in [4.69, 9.17) is 0 Å². The van der Waals surface area contributed by atoms with Gasteiger partial charge in [-0.3, -0.25) is 9.78 Å². The van der Waals surface area contributed by atoms with Crippen molar-refractivity contribution in [3.8, 4) is 23.0 Å². The van der Waals surface area contributed by atoms with Gasteiger partial charge in [0.2, 0.25) is 0 Å². The van der Waals surface area contributed by atoms with Gasteiger partial charge >= 0.3 is 0 Å². The Hall–Kier alpha value is -3.48. The largest absolute Gasteiger partial charge is 0.503 e. The van der Waals surface area contributed by atoms with Crippen LogP contribution >= 0.6 is 0 Å². The Morgan fingerprint density at radius 1 is 1.08 bits per heavy atom. The number of halogens is 1. The molecule has 0 aliphatic carbocycles. The van der Waals surface area contributed by atoms with E-state index < -0.39 is 17.5 Å². The summed E-state index contributed by atoms with van der Waals surface area (Å²) in [4.78, 5) is 20.3. The second kappa shape index (κ2) is 6.96. The molecule has 0 fully saturated rings.